The van der Waals surface area contributed by atoms with E-state index in [-0.39, 0.29) is 6.42 Å². The summed E-state index contributed by atoms with van der Waals surface area (Å²) in [4.78, 5) is 11.0. The number of aliphatic carboxylic acids is 1. The average molecular weight is 408 g/mol. The van der Waals surface area contributed by atoms with E-state index in [1.165, 1.54) is 19.3 Å². The predicted octanol–water partition coefficient (Wildman–Crippen LogP) is 4.54. The summed E-state index contributed by atoms with van der Waals surface area (Å²) in [5.74, 6) is -1.17. The highest BCUT2D eigenvalue weighted by atomic mass is 16.4. The Kier molecular flexibility index (Phi) is 15.6. The SMILES string of the molecule is CC/C=C\C/C=C\C/C=C\CCCCCCCCC(O)(CC(=O)[O-])C[N+](C)(C)C. The largest absolute Gasteiger partial charge is 0.550 e. The molecule has 29 heavy (non-hydrogen) atoms. The molecule has 0 rings (SSSR count). The van der Waals surface area contributed by atoms with Crippen LogP contribution in [0.2, 0.25) is 0 Å². The first-order valence-corrected chi connectivity index (χ1v) is 11.4. The lowest BCUT2D eigenvalue weighted by Gasteiger charge is -2.36. The number of unbranched alkanes of at least 4 members (excludes halogenated alkanes) is 6. The second-order valence-electron chi connectivity index (χ2n) is 9.18. The molecule has 4 heteroatoms. The zero-order chi connectivity index (χ0) is 22.0. The molecule has 0 aliphatic rings. The summed E-state index contributed by atoms with van der Waals surface area (Å²) >= 11 is 0. The molecule has 1 atom stereocenters. The van der Waals surface area contributed by atoms with Crippen molar-refractivity contribution in [3.8, 4) is 0 Å². The van der Waals surface area contributed by atoms with Crippen molar-refractivity contribution in [2.75, 3.05) is 27.7 Å². The molecule has 1 N–H and O–H groups in total. The lowest BCUT2D eigenvalue weighted by molar-refractivity contribution is -0.877. The Morgan fingerprint density at radius 1 is 0.862 bits per heavy atom. The van der Waals surface area contributed by atoms with Crippen molar-refractivity contribution >= 4 is 5.97 Å². The van der Waals surface area contributed by atoms with Crippen molar-refractivity contribution in [1.82, 2.24) is 0 Å². The molecule has 0 aromatic heterocycles. The van der Waals surface area contributed by atoms with E-state index in [0.29, 0.717) is 17.4 Å². The first kappa shape index (κ1) is 27.6. The highest BCUT2D eigenvalue weighted by Gasteiger charge is 2.33. The quantitative estimate of drug-likeness (QED) is 0.206. The molecule has 0 aromatic carbocycles. The first-order chi connectivity index (χ1) is 13.7. The summed E-state index contributed by atoms with van der Waals surface area (Å²) in [5.41, 5.74) is -1.16. The van der Waals surface area contributed by atoms with Crippen molar-refractivity contribution in [2.24, 2.45) is 0 Å². The molecule has 0 heterocycles. The molecular formula is C25H45NO3. The number of carboxylic acids is 1. The molecule has 0 aliphatic carbocycles. The number of nitrogens with zero attached hydrogens (tertiary/aromatic N) is 1. The van der Waals surface area contributed by atoms with Gasteiger partial charge in [0.25, 0.3) is 0 Å². The van der Waals surface area contributed by atoms with Gasteiger partial charge in [0.15, 0.2) is 0 Å². The molecule has 0 saturated heterocycles. The number of hydrogen-bond acceptors (Lipinski definition) is 3. The zero-order valence-corrected chi connectivity index (χ0v) is 19.4. The number of aliphatic hydroxyl groups is 1. The topological polar surface area (TPSA) is 60.4 Å². The van der Waals surface area contributed by atoms with E-state index in [4.69, 9.17) is 0 Å². The average Bonchev–Trinajstić information content (AvgIpc) is 2.59. The summed E-state index contributed by atoms with van der Waals surface area (Å²) in [7, 11) is 5.90. The second-order valence-corrected chi connectivity index (χ2v) is 9.18. The molecule has 0 bridgehead atoms. The van der Waals surface area contributed by atoms with Gasteiger partial charge in [0.1, 0.15) is 12.1 Å². The lowest BCUT2D eigenvalue weighted by Crippen LogP contribution is -2.51. The third-order valence-corrected chi connectivity index (χ3v) is 4.79. The van der Waals surface area contributed by atoms with Gasteiger partial charge in [0, 0.05) is 12.4 Å². The van der Waals surface area contributed by atoms with Crippen LogP contribution in [-0.4, -0.2) is 48.8 Å². The van der Waals surface area contributed by atoms with E-state index in [2.05, 4.69) is 43.4 Å². The number of quaternary nitrogens is 1. The minimum absolute atomic E-state index is 0.278. The molecule has 168 valence electrons. The molecule has 0 spiro atoms. The molecule has 0 amide bonds. The van der Waals surface area contributed by atoms with Gasteiger partial charge in [-0.15, -0.1) is 0 Å². The zero-order valence-electron chi connectivity index (χ0n) is 19.4. The van der Waals surface area contributed by atoms with Gasteiger partial charge >= 0.3 is 0 Å². The Bertz CT molecular complexity index is 503. The fourth-order valence-electron chi connectivity index (χ4n) is 3.62. The van der Waals surface area contributed by atoms with Gasteiger partial charge in [-0.2, -0.15) is 0 Å². The van der Waals surface area contributed by atoms with E-state index >= 15 is 0 Å². The Morgan fingerprint density at radius 2 is 1.38 bits per heavy atom. The van der Waals surface area contributed by atoms with Crippen LogP contribution in [0, 0.1) is 0 Å². The number of allylic oxidation sites excluding steroid dienone is 6. The van der Waals surface area contributed by atoms with Crippen LogP contribution in [0.5, 0.6) is 0 Å². The molecule has 0 saturated carbocycles. The van der Waals surface area contributed by atoms with Crippen LogP contribution in [0.15, 0.2) is 36.5 Å². The number of rotatable bonds is 18. The minimum Gasteiger partial charge on any atom is -0.550 e. The Hall–Kier alpha value is -1.39. The molecule has 0 radical (unpaired) electrons. The van der Waals surface area contributed by atoms with Crippen LogP contribution in [0.1, 0.15) is 84.0 Å². The van der Waals surface area contributed by atoms with E-state index < -0.39 is 11.6 Å². The number of likely N-dealkylation sites (N-methyl/N-ethyl adjacent to an activating group) is 1. The molecule has 0 aromatic rings. The summed E-state index contributed by atoms with van der Waals surface area (Å²) in [6.07, 6.45) is 24.6. The first-order valence-electron chi connectivity index (χ1n) is 11.4. The van der Waals surface area contributed by atoms with E-state index in [9.17, 15) is 15.0 Å². The maximum Gasteiger partial charge on any atom is 0.119 e. The van der Waals surface area contributed by atoms with Crippen LogP contribution in [0.25, 0.3) is 0 Å². The van der Waals surface area contributed by atoms with Gasteiger partial charge in [-0.25, -0.2) is 0 Å². The summed E-state index contributed by atoms with van der Waals surface area (Å²) in [5, 5.41) is 21.7. The standard InChI is InChI=1S/C25H45NO3/c1-5-6-7-8-9-10-11-12-13-14-15-16-17-18-19-20-21-25(29,22-24(27)28)23-26(2,3)4/h6-7,9-10,12-13,29H,5,8,11,14-23H2,1-4H3/b7-6-,10-9-,13-12-. The van der Waals surface area contributed by atoms with Crippen LogP contribution >= 0.6 is 0 Å². The number of carboxylic acid groups (broad SMARTS) is 1. The van der Waals surface area contributed by atoms with Crippen molar-refractivity contribution < 1.29 is 19.5 Å². The lowest BCUT2D eigenvalue weighted by atomic mass is 9.91. The van der Waals surface area contributed by atoms with Gasteiger partial charge in [-0.3, -0.25) is 0 Å². The van der Waals surface area contributed by atoms with Gasteiger partial charge in [-0.1, -0.05) is 75.5 Å². The molecule has 0 aliphatic heterocycles. The summed E-state index contributed by atoms with van der Waals surface area (Å²) in [6, 6.07) is 0. The van der Waals surface area contributed by atoms with Gasteiger partial charge in [0.2, 0.25) is 0 Å². The fraction of sp³-hybridized carbons (Fsp3) is 0.720. The van der Waals surface area contributed by atoms with Gasteiger partial charge in [0.05, 0.1) is 21.1 Å². The monoisotopic (exact) mass is 407 g/mol. The maximum atomic E-state index is 11.0. The summed E-state index contributed by atoms with van der Waals surface area (Å²) < 4.78 is 0.545. The normalized spacial score (nSPS) is 14.9. The van der Waals surface area contributed by atoms with Crippen molar-refractivity contribution in [3.05, 3.63) is 36.5 Å². The third-order valence-electron chi connectivity index (χ3n) is 4.79. The van der Waals surface area contributed by atoms with E-state index in [1.54, 1.807) is 0 Å². The van der Waals surface area contributed by atoms with Gasteiger partial charge < -0.3 is 19.5 Å². The smallest absolute Gasteiger partial charge is 0.119 e. The second kappa shape index (κ2) is 16.4. The van der Waals surface area contributed by atoms with Crippen LogP contribution in [0.3, 0.4) is 0 Å². The Morgan fingerprint density at radius 3 is 1.93 bits per heavy atom. The van der Waals surface area contributed by atoms with Crippen molar-refractivity contribution in [2.45, 2.75) is 89.6 Å². The highest BCUT2D eigenvalue weighted by molar-refractivity contribution is 5.65. The highest BCUT2D eigenvalue weighted by Crippen LogP contribution is 2.22. The van der Waals surface area contributed by atoms with Gasteiger partial charge in [-0.05, 0) is 38.5 Å². The van der Waals surface area contributed by atoms with Crippen LogP contribution in [-0.2, 0) is 4.79 Å². The Labute approximate surface area is 179 Å². The third kappa shape index (κ3) is 19.7. The van der Waals surface area contributed by atoms with Crippen molar-refractivity contribution in [1.29, 1.82) is 0 Å². The maximum absolute atomic E-state index is 11.0. The Balaban J connectivity index is 3.76. The molecule has 4 nitrogen and oxygen atoms in total. The minimum atomic E-state index is -1.17. The number of carbonyl (C=O) groups is 1. The number of carbonyl (C=O) groups excluding carboxylic acids is 1. The molecule has 0 fully saturated rings. The van der Waals surface area contributed by atoms with Crippen LogP contribution < -0.4 is 5.11 Å². The molecule has 1 unspecified atom stereocenters. The van der Waals surface area contributed by atoms with Crippen LogP contribution in [0.4, 0.5) is 0 Å². The predicted molar refractivity (Wildman–Crippen MR) is 121 cm³/mol. The van der Waals surface area contributed by atoms with Crippen molar-refractivity contribution in [3.63, 3.8) is 0 Å². The summed E-state index contributed by atoms with van der Waals surface area (Å²) in [6.45, 7) is 2.58. The van der Waals surface area contributed by atoms with E-state index in [1.807, 2.05) is 21.1 Å². The fourth-order valence-corrected chi connectivity index (χ4v) is 3.62. The number of hydrogen-bond donors (Lipinski definition) is 1. The van der Waals surface area contributed by atoms with E-state index in [0.717, 1.165) is 44.9 Å². The molecular weight excluding hydrogens is 362 g/mol.